The Labute approximate surface area is 448 Å². The SMILES string of the molecule is O=C(CBr)Cc1ccccc1[N+](=O)[O-].O=C(CSc1nnnn1-c1cccc2ccccc12)Cc1ccccc1[N+](=O)[O-].[S-]c1nnnn1-c1cccc2ccccc12.c1ccc2c(Nc3nnns3)cccc2c1. The molecule has 0 amide bonds. The molecule has 3 aromatic heterocycles. The second-order valence-electron chi connectivity index (χ2n) is 15.7. The minimum absolute atomic E-state index is 0.00167. The Balaban J connectivity index is 0.000000140. The third-order valence-electron chi connectivity index (χ3n) is 10.9. The van der Waals surface area contributed by atoms with Crippen molar-refractivity contribution in [1.29, 1.82) is 0 Å². The van der Waals surface area contributed by atoms with Crippen LogP contribution in [0.4, 0.5) is 22.2 Å². The molecule has 0 bridgehead atoms. The number of fused-ring (bicyclic) bond motifs is 3. The van der Waals surface area contributed by atoms with E-state index in [1.165, 1.54) is 46.2 Å². The lowest BCUT2D eigenvalue weighted by atomic mass is 10.1. The zero-order valence-electron chi connectivity index (χ0n) is 38.9. The fraction of sp³-hybridized carbons (Fsp3) is 0.0784. The molecule has 11 aromatic rings. The number of aromatic nitrogens is 11. The topological polar surface area (TPSA) is 258 Å². The normalized spacial score (nSPS) is 10.6. The van der Waals surface area contributed by atoms with Gasteiger partial charge in [0.05, 0.1) is 32.3 Å². The Hall–Kier alpha value is -8.84. The maximum Gasteiger partial charge on any atom is 0.273 e. The molecule has 11 rings (SSSR count). The molecule has 0 unspecified atom stereocenters. The number of benzene rings is 8. The number of nitro groups is 2. The van der Waals surface area contributed by atoms with Gasteiger partial charge in [-0.1, -0.05) is 183 Å². The smallest absolute Gasteiger partial charge is 0.273 e. The predicted molar refractivity (Wildman–Crippen MR) is 292 cm³/mol. The summed E-state index contributed by atoms with van der Waals surface area (Å²) in [4.78, 5) is 44.2. The number of tetrazole rings is 2. The number of nitrogens with one attached hydrogen (secondary N) is 1. The van der Waals surface area contributed by atoms with E-state index in [9.17, 15) is 29.8 Å². The molecule has 0 saturated carbocycles. The number of carbonyl (C=O) groups is 2. The molecule has 24 heteroatoms. The summed E-state index contributed by atoms with van der Waals surface area (Å²) in [5, 5.41) is 63.8. The number of hydrogen-bond donors (Lipinski definition) is 1. The lowest BCUT2D eigenvalue weighted by molar-refractivity contribution is -0.385. The molecule has 0 saturated heterocycles. The van der Waals surface area contributed by atoms with Gasteiger partial charge >= 0.3 is 0 Å². The number of nitro benzene ring substituents is 2. The number of Topliss-reactive ketones (excluding diaryl/α,β-unsaturated/α-hetero) is 2. The fourth-order valence-corrected chi connectivity index (χ4v) is 9.00. The van der Waals surface area contributed by atoms with Crippen LogP contribution < -0.4 is 5.32 Å². The van der Waals surface area contributed by atoms with Crippen molar-refractivity contribution < 1.29 is 19.4 Å². The van der Waals surface area contributed by atoms with E-state index >= 15 is 0 Å². The van der Waals surface area contributed by atoms with Gasteiger partial charge in [-0.25, -0.2) is 4.68 Å². The number of nitrogens with zero attached hydrogens (tertiary/aromatic N) is 13. The highest BCUT2D eigenvalue weighted by Gasteiger charge is 2.19. The average Bonchev–Trinajstić information content (AvgIpc) is 4.24. The van der Waals surface area contributed by atoms with Crippen LogP contribution in [-0.4, -0.2) is 87.7 Å². The first-order valence-electron chi connectivity index (χ1n) is 22.3. The zero-order chi connectivity index (χ0) is 52.5. The van der Waals surface area contributed by atoms with Crippen molar-refractivity contribution in [3.63, 3.8) is 0 Å². The molecule has 0 radical (unpaired) electrons. The molecule has 0 atom stereocenters. The van der Waals surface area contributed by atoms with Crippen LogP contribution in [0.1, 0.15) is 11.1 Å². The van der Waals surface area contributed by atoms with Crippen LogP contribution in [0.2, 0.25) is 0 Å². The number of carbonyl (C=O) groups excluding carboxylic acids is 2. The number of thioether (sulfide) groups is 1. The van der Waals surface area contributed by atoms with E-state index in [2.05, 4.69) is 85.3 Å². The molecule has 3 heterocycles. The van der Waals surface area contributed by atoms with Gasteiger partial charge in [-0.15, -0.1) is 10.2 Å². The Morgan fingerprint density at radius 2 is 1.05 bits per heavy atom. The van der Waals surface area contributed by atoms with Gasteiger partial charge in [-0.05, 0) is 60.4 Å². The van der Waals surface area contributed by atoms with Gasteiger partial charge in [-0.3, -0.25) is 29.8 Å². The maximum absolute atomic E-state index is 12.4. The van der Waals surface area contributed by atoms with Gasteiger partial charge in [0, 0.05) is 74.6 Å². The molecule has 0 fully saturated rings. The summed E-state index contributed by atoms with van der Waals surface area (Å²) in [6.07, 6.45) is 0.0857. The first-order valence-corrected chi connectivity index (χ1v) is 25.6. The number of rotatable bonds is 14. The van der Waals surface area contributed by atoms with Crippen LogP contribution in [-0.2, 0) is 35.1 Å². The second-order valence-corrected chi connectivity index (χ2v) is 18.3. The van der Waals surface area contributed by atoms with Crippen LogP contribution in [0.25, 0.3) is 43.7 Å². The highest BCUT2D eigenvalue weighted by Crippen LogP contribution is 2.28. The third kappa shape index (κ3) is 13.6. The van der Waals surface area contributed by atoms with E-state index in [-0.39, 0.29) is 46.9 Å². The summed E-state index contributed by atoms with van der Waals surface area (Å²) >= 11 is 10.5. The maximum atomic E-state index is 12.4. The number of para-hydroxylation sites is 2. The molecular formula is C51H38BrN14O6S3-. The number of anilines is 2. The highest BCUT2D eigenvalue weighted by atomic mass is 79.9. The van der Waals surface area contributed by atoms with E-state index in [4.69, 9.17) is 12.6 Å². The molecule has 0 aliphatic carbocycles. The van der Waals surface area contributed by atoms with E-state index in [1.807, 2.05) is 109 Å². The van der Waals surface area contributed by atoms with Crippen LogP contribution in [0.3, 0.4) is 0 Å². The van der Waals surface area contributed by atoms with Gasteiger partial charge in [0.2, 0.25) is 10.3 Å². The van der Waals surface area contributed by atoms with E-state index in [0.717, 1.165) is 38.6 Å². The van der Waals surface area contributed by atoms with Crippen molar-refractivity contribution in [2.24, 2.45) is 0 Å². The van der Waals surface area contributed by atoms with Crippen LogP contribution in [0.15, 0.2) is 186 Å². The second kappa shape index (κ2) is 25.7. The Kier molecular flexibility index (Phi) is 18.0. The Morgan fingerprint density at radius 1 is 0.573 bits per heavy atom. The van der Waals surface area contributed by atoms with E-state index in [0.29, 0.717) is 26.6 Å². The van der Waals surface area contributed by atoms with Crippen molar-refractivity contribution >= 4 is 118 Å². The standard InChI is InChI=1S/C20H15N5O3S.2C11H8N4S.C9H8BrNO3/c26-16(12-15-7-2-4-10-18(15)25(27)28)13-29-20-21-22-23-24(20)19-11-5-8-14-6-1-3-9-17(14)19;16-11-12-13-14-15(11)10-7-3-5-8-4-1-2-6-9(8)10;1-2-6-9-8(4-1)5-3-7-10(9)12-11-13-14-15-16-11;10-6-8(12)5-7-3-1-2-4-9(7)11(13)14/h1-11H,12-13H2;1-7H,(H,12,14,16);1-7H,(H,12,13,15);1-4H,5-6H2/p-1. The third-order valence-corrected chi connectivity index (χ3v) is 13.2. The first kappa shape index (κ1) is 52.5. The molecule has 0 aliphatic heterocycles. The van der Waals surface area contributed by atoms with Gasteiger partial charge in [0.25, 0.3) is 11.4 Å². The van der Waals surface area contributed by atoms with Gasteiger partial charge < -0.3 is 17.9 Å². The summed E-state index contributed by atoms with van der Waals surface area (Å²) in [6.45, 7) is 0. The molecule has 75 heavy (non-hydrogen) atoms. The summed E-state index contributed by atoms with van der Waals surface area (Å²) in [5.74, 6) is -0.104. The largest absolute Gasteiger partial charge is 0.738 e. The summed E-state index contributed by atoms with van der Waals surface area (Å²) < 4.78 is 6.89. The quantitative estimate of drug-likeness (QED) is 0.0349. The van der Waals surface area contributed by atoms with Crippen molar-refractivity contribution in [1.82, 2.24) is 55.2 Å². The molecule has 374 valence electrons. The average molecular weight is 1120 g/mol. The van der Waals surface area contributed by atoms with Crippen molar-refractivity contribution in [2.45, 2.75) is 23.2 Å². The molecule has 1 N–H and O–H groups in total. The van der Waals surface area contributed by atoms with Crippen LogP contribution >= 0.6 is 39.2 Å². The van der Waals surface area contributed by atoms with Crippen LogP contribution in [0.5, 0.6) is 0 Å². The zero-order valence-corrected chi connectivity index (χ0v) is 43.0. The van der Waals surface area contributed by atoms with Crippen molar-refractivity contribution in [3.05, 3.63) is 207 Å². The molecule has 20 nitrogen and oxygen atoms in total. The lowest BCUT2D eigenvalue weighted by Gasteiger charge is -2.09. The first-order chi connectivity index (χ1) is 36.6. The molecular weight excluding hydrogens is 1080 g/mol. The highest BCUT2D eigenvalue weighted by molar-refractivity contribution is 9.09. The van der Waals surface area contributed by atoms with Crippen LogP contribution in [0, 0.1) is 20.2 Å². The molecule has 0 spiro atoms. The Morgan fingerprint density at radius 3 is 1.60 bits per heavy atom. The summed E-state index contributed by atoms with van der Waals surface area (Å²) in [5.41, 5.74) is 3.57. The molecule has 8 aromatic carbocycles. The number of halogens is 1. The van der Waals surface area contributed by atoms with Crippen molar-refractivity contribution in [2.75, 3.05) is 16.4 Å². The van der Waals surface area contributed by atoms with Gasteiger partial charge in [0.15, 0.2) is 0 Å². The predicted octanol–water partition coefficient (Wildman–Crippen LogP) is 10.3. The van der Waals surface area contributed by atoms with Crippen molar-refractivity contribution in [3.8, 4) is 11.4 Å². The minimum Gasteiger partial charge on any atom is -0.738 e. The number of alkyl halides is 1. The lowest BCUT2D eigenvalue weighted by Crippen LogP contribution is -2.09. The van der Waals surface area contributed by atoms with E-state index < -0.39 is 9.85 Å². The molecule has 0 aliphatic rings. The van der Waals surface area contributed by atoms with Gasteiger partial charge in [-0.2, -0.15) is 4.68 Å². The fourth-order valence-electron chi connectivity index (χ4n) is 7.51. The summed E-state index contributed by atoms with van der Waals surface area (Å²) in [6, 6.07) is 54.6. The number of hydrogen-bond acceptors (Lipinski definition) is 19. The minimum atomic E-state index is -0.475. The summed E-state index contributed by atoms with van der Waals surface area (Å²) in [7, 11) is 0. The van der Waals surface area contributed by atoms with Gasteiger partial charge in [0.1, 0.15) is 11.6 Å². The number of ketones is 2. The van der Waals surface area contributed by atoms with E-state index in [1.54, 1.807) is 45.8 Å². The Bertz CT molecular complexity index is 3750. The monoisotopic (exact) mass is 1120 g/mol.